The number of hydrogen-bond donors (Lipinski definition) is 1. The third kappa shape index (κ3) is 5.81. The first-order valence-electron chi connectivity index (χ1n) is 12.2. The molecule has 2 aromatic heterocycles. The van der Waals surface area contributed by atoms with Gasteiger partial charge in [0.2, 0.25) is 5.88 Å². The summed E-state index contributed by atoms with van der Waals surface area (Å²) in [5.74, 6) is -0.820. The molecule has 0 saturated carbocycles. The molecular formula is C26H25ClF3N5O4. The lowest BCUT2D eigenvalue weighted by Gasteiger charge is -2.32. The number of aromatic nitrogens is 4. The van der Waals surface area contributed by atoms with Gasteiger partial charge in [-0.3, -0.25) is 4.90 Å². The summed E-state index contributed by atoms with van der Waals surface area (Å²) in [4.78, 5) is 18.2. The number of ether oxygens (including phenoxy) is 2. The zero-order valence-electron chi connectivity index (χ0n) is 20.9. The molecule has 0 atom stereocenters. The summed E-state index contributed by atoms with van der Waals surface area (Å²) in [5, 5.41) is 14.1. The van der Waals surface area contributed by atoms with Crippen LogP contribution in [0.2, 0.25) is 5.02 Å². The van der Waals surface area contributed by atoms with Crippen molar-refractivity contribution in [2.24, 2.45) is 7.05 Å². The molecule has 1 aliphatic heterocycles. The maximum absolute atomic E-state index is 14.1. The maximum atomic E-state index is 14.1. The largest absolute Gasteiger partial charge is 0.478 e. The zero-order chi connectivity index (χ0) is 27.7. The van der Waals surface area contributed by atoms with E-state index >= 15 is 0 Å². The predicted octanol–water partition coefficient (Wildman–Crippen LogP) is 5.28. The number of carboxylic acids is 1. The Balaban J connectivity index is 1.25. The number of carbonyl (C=O) groups is 1. The van der Waals surface area contributed by atoms with Crippen molar-refractivity contribution in [2.75, 3.05) is 13.1 Å². The number of imidazole rings is 1. The highest BCUT2D eigenvalue weighted by atomic mass is 35.5. The fourth-order valence-corrected chi connectivity index (χ4v) is 4.92. The van der Waals surface area contributed by atoms with Crippen molar-refractivity contribution in [2.45, 2.75) is 38.6 Å². The first kappa shape index (κ1) is 26.8. The highest BCUT2D eigenvalue weighted by molar-refractivity contribution is 6.30. The fourth-order valence-electron chi connectivity index (χ4n) is 4.76. The molecule has 5 rings (SSSR count). The zero-order valence-corrected chi connectivity index (χ0v) is 21.6. The van der Waals surface area contributed by atoms with Gasteiger partial charge in [0.1, 0.15) is 23.8 Å². The Labute approximate surface area is 226 Å². The molecule has 1 saturated heterocycles. The molecule has 206 valence electrons. The number of fused-ring (bicyclic) bond motifs is 1. The molecule has 9 nitrogen and oxygen atoms in total. The molecule has 0 aliphatic carbocycles. The first-order chi connectivity index (χ1) is 18.7. The highest BCUT2D eigenvalue weighted by Crippen LogP contribution is 2.31. The molecule has 2 aromatic carbocycles. The molecule has 3 heterocycles. The summed E-state index contributed by atoms with van der Waals surface area (Å²) in [5.41, 5.74) is 0.806. The van der Waals surface area contributed by atoms with E-state index in [1.165, 1.54) is 12.1 Å². The van der Waals surface area contributed by atoms with Crippen molar-refractivity contribution in [1.29, 1.82) is 0 Å². The lowest BCUT2D eigenvalue weighted by atomic mass is 10.1. The third-order valence-corrected chi connectivity index (χ3v) is 7.03. The van der Waals surface area contributed by atoms with Crippen molar-refractivity contribution in [3.8, 4) is 11.6 Å². The first-order valence-corrected chi connectivity index (χ1v) is 12.6. The Kier molecular flexibility index (Phi) is 7.67. The van der Waals surface area contributed by atoms with Gasteiger partial charge in [-0.15, -0.1) is 0 Å². The van der Waals surface area contributed by atoms with Crippen molar-refractivity contribution in [3.63, 3.8) is 0 Å². The summed E-state index contributed by atoms with van der Waals surface area (Å²) in [7, 11) is 1.71. The summed E-state index contributed by atoms with van der Waals surface area (Å²) in [6, 6.07) is 8.71. The molecule has 0 bridgehead atoms. The predicted molar refractivity (Wildman–Crippen MR) is 136 cm³/mol. The summed E-state index contributed by atoms with van der Waals surface area (Å²) < 4.78 is 54.0. The molecule has 1 fully saturated rings. The molecule has 0 radical (unpaired) electrons. The van der Waals surface area contributed by atoms with Crippen LogP contribution in [0.15, 0.2) is 42.6 Å². The van der Waals surface area contributed by atoms with Crippen molar-refractivity contribution < 1.29 is 32.5 Å². The number of aryl methyl sites for hydroxylation is 1. The van der Waals surface area contributed by atoms with E-state index < -0.39 is 18.4 Å². The molecule has 39 heavy (non-hydrogen) atoms. The van der Waals surface area contributed by atoms with Crippen molar-refractivity contribution in [3.05, 3.63) is 70.4 Å². The van der Waals surface area contributed by atoms with E-state index in [-0.39, 0.29) is 29.5 Å². The van der Waals surface area contributed by atoms with Crippen LogP contribution in [-0.2, 0) is 20.2 Å². The molecule has 4 aromatic rings. The Morgan fingerprint density at radius 2 is 1.97 bits per heavy atom. The summed E-state index contributed by atoms with van der Waals surface area (Å²) in [6.45, 7) is -1.21. The van der Waals surface area contributed by atoms with E-state index in [1.807, 2.05) is 4.68 Å². The number of carboxylic acid groups (broad SMARTS) is 1. The van der Waals surface area contributed by atoms with E-state index in [4.69, 9.17) is 16.3 Å². The lowest BCUT2D eigenvalue weighted by Crippen LogP contribution is -2.35. The minimum absolute atomic E-state index is 0.0428. The van der Waals surface area contributed by atoms with Gasteiger partial charge in [-0.25, -0.2) is 18.9 Å². The number of nitrogens with zero attached hydrogens (tertiary/aromatic N) is 5. The monoisotopic (exact) mass is 563 g/mol. The van der Waals surface area contributed by atoms with Gasteiger partial charge in [0.15, 0.2) is 5.75 Å². The Hall–Kier alpha value is -3.77. The van der Waals surface area contributed by atoms with Crippen LogP contribution in [0, 0.1) is 5.82 Å². The normalized spacial score (nSPS) is 14.8. The molecule has 0 amide bonds. The molecular weight excluding hydrogens is 539 g/mol. The smallest absolute Gasteiger partial charge is 0.387 e. The van der Waals surface area contributed by atoms with E-state index in [0.717, 1.165) is 18.9 Å². The number of alkyl halides is 2. The topological polar surface area (TPSA) is 94.6 Å². The van der Waals surface area contributed by atoms with E-state index in [0.29, 0.717) is 47.4 Å². The fraction of sp³-hybridized carbons (Fsp3) is 0.346. The molecule has 1 N–H and O–H groups in total. The number of hydrogen-bond acceptors (Lipinski definition) is 6. The third-order valence-electron chi connectivity index (χ3n) is 6.80. The standard InChI is InChI=1S/C26H25ClF3N5O4/c1-33-20-10-16(25(36)37)11-21(39-26(29)30)24(20)32-22(33)13-34-8-5-18(6-9-34)35-23(4-7-31-35)38-14-15-2-3-17(27)12-19(15)28/h2-4,7,10-12,18,26H,5-6,8-9,13-14H2,1H3,(H,36,37). The van der Waals surface area contributed by atoms with Gasteiger partial charge in [0, 0.05) is 36.8 Å². The Morgan fingerprint density at radius 3 is 2.67 bits per heavy atom. The second kappa shape index (κ2) is 11.1. The second-order valence-electron chi connectivity index (χ2n) is 9.26. The molecule has 0 spiro atoms. The Morgan fingerprint density at radius 1 is 1.21 bits per heavy atom. The minimum Gasteiger partial charge on any atom is -0.478 e. The number of piperidine rings is 1. The number of halogens is 4. The average molecular weight is 564 g/mol. The van der Waals surface area contributed by atoms with Gasteiger partial charge >= 0.3 is 12.6 Å². The van der Waals surface area contributed by atoms with Gasteiger partial charge in [-0.05, 0) is 37.1 Å². The van der Waals surface area contributed by atoms with E-state index in [2.05, 4.69) is 19.7 Å². The van der Waals surface area contributed by atoms with Crippen LogP contribution in [0.3, 0.4) is 0 Å². The molecule has 13 heteroatoms. The van der Waals surface area contributed by atoms with Crippen LogP contribution in [0.1, 0.15) is 40.6 Å². The lowest BCUT2D eigenvalue weighted by molar-refractivity contribution is -0.0489. The van der Waals surface area contributed by atoms with Crippen LogP contribution in [0.25, 0.3) is 11.0 Å². The van der Waals surface area contributed by atoms with Gasteiger partial charge < -0.3 is 19.1 Å². The van der Waals surface area contributed by atoms with Crippen LogP contribution in [-0.4, -0.2) is 55.0 Å². The second-order valence-corrected chi connectivity index (χ2v) is 9.69. The van der Waals surface area contributed by atoms with Crippen LogP contribution in [0.4, 0.5) is 13.2 Å². The molecule has 1 aliphatic rings. The number of likely N-dealkylation sites (tertiary alicyclic amines) is 1. The average Bonchev–Trinajstić information content (AvgIpc) is 3.48. The summed E-state index contributed by atoms with van der Waals surface area (Å²) in [6.07, 6.45) is 3.17. The van der Waals surface area contributed by atoms with Crippen LogP contribution < -0.4 is 9.47 Å². The van der Waals surface area contributed by atoms with E-state index in [1.54, 1.807) is 36.0 Å². The van der Waals surface area contributed by atoms with Gasteiger partial charge in [0.25, 0.3) is 0 Å². The maximum Gasteiger partial charge on any atom is 0.387 e. The highest BCUT2D eigenvalue weighted by Gasteiger charge is 2.25. The quantitative estimate of drug-likeness (QED) is 0.296. The van der Waals surface area contributed by atoms with Gasteiger partial charge in [0.05, 0.1) is 29.9 Å². The van der Waals surface area contributed by atoms with Crippen LogP contribution in [0.5, 0.6) is 11.6 Å². The SMILES string of the molecule is Cn1c(CN2CCC(n3nccc3OCc3ccc(Cl)cc3F)CC2)nc2c(OC(F)F)cc(C(=O)O)cc21. The van der Waals surface area contributed by atoms with Crippen LogP contribution >= 0.6 is 11.6 Å². The number of benzene rings is 2. The summed E-state index contributed by atoms with van der Waals surface area (Å²) >= 11 is 5.82. The molecule has 0 unspecified atom stereocenters. The van der Waals surface area contributed by atoms with Crippen molar-refractivity contribution in [1.82, 2.24) is 24.2 Å². The minimum atomic E-state index is -3.11. The number of rotatable bonds is 9. The van der Waals surface area contributed by atoms with E-state index in [9.17, 15) is 23.1 Å². The Bertz CT molecular complexity index is 1500. The van der Waals surface area contributed by atoms with Gasteiger partial charge in [-0.1, -0.05) is 17.7 Å². The number of aromatic carboxylic acids is 1. The van der Waals surface area contributed by atoms with Gasteiger partial charge in [-0.2, -0.15) is 13.9 Å². The van der Waals surface area contributed by atoms with Crippen molar-refractivity contribution >= 4 is 28.6 Å².